The first-order chi connectivity index (χ1) is 8.27. The van der Waals surface area contributed by atoms with Crippen molar-refractivity contribution in [3.05, 3.63) is 60.2 Å². The van der Waals surface area contributed by atoms with Gasteiger partial charge in [0.2, 0.25) is 0 Å². The van der Waals surface area contributed by atoms with Crippen molar-refractivity contribution in [3.8, 4) is 11.5 Å². The van der Waals surface area contributed by atoms with Crippen LogP contribution in [0.15, 0.2) is 54.6 Å². The van der Waals surface area contributed by atoms with Crippen LogP contribution in [0.25, 0.3) is 0 Å². The van der Waals surface area contributed by atoms with Crippen LogP contribution in [0.2, 0.25) is 0 Å². The molecule has 1 aliphatic rings. The highest BCUT2D eigenvalue weighted by Gasteiger charge is 2.26. The van der Waals surface area contributed by atoms with Crippen molar-refractivity contribution in [1.82, 2.24) is 0 Å². The molecule has 0 amide bonds. The Morgan fingerprint density at radius 3 is 1.94 bits per heavy atom. The van der Waals surface area contributed by atoms with E-state index in [9.17, 15) is 5.11 Å². The maximum Gasteiger partial charge on any atom is 0.121 e. The van der Waals surface area contributed by atoms with Gasteiger partial charge in [-0.25, -0.2) is 0 Å². The molecule has 2 aromatic carbocycles. The molecule has 88 valence electrons. The van der Waals surface area contributed by atoms with Crippen LogP contribution in [-0.4, -0.2) is 16.8 Å². The van der Waals surface area contributed by atoms with E-state index >= 15 is 0 Å². The lowest BCUT2D eigenvalue weighted by Crippen LogP contribution is -1.79. The Morgan fingerprint density at radius 1 is 0.882 bits per heavy atom. The third-order valence-electron chi connectivity index (χ3n) is 2.37. The molecule has 0 unspecified atom stereocenters. The normalized spacial score (nSPS) is 16.8. The topological polar surface area (TPSA) is 53.0 Å². The van der Waals surface area contributed by atoms with Gasteiger partial charge < -0.3 is 14.9 Å². The minimum absolute atomic E-state index is 0.154. The first kappa shape index (κ1) is 11.5. The van der Waals surface area contributed by atoms with Crippen molar-refractivity contribution in [3.63, 3.8) is 0 Å². The van der Waals surface area contributed by atoms with Gasteiger partial charge in [-0.2, -0.15) is 0 Å². The maximum absolute atomic E-state index is 9.24. The zero-order chi connectivity index (χ0) is 12.1. The third-order valence-corrected chi connectivity index (χ3v) is 2.37. The SMILES string of the molecule is Oc1ccccc1.Oc1ccccc1[C@H]1CO1. The molecule has 2 N–H and O–H groups in total. The Balaban J connectivity index is 0.000000136. The Morgan fingerprint density at radius 2 is 1.47 bits per heavy atom. The van der Waals surface area contributed by atoms with Gasteiger partial charge >= 0.3 is 0 Å². The number of benzene rings is 2. The number of para-hydroxylation sites is 2. The Bertz CT molecular complexity index is 464. The summed E-state index contributed by atoms with van der Waals surface area (Å²) in [5.74, 6) is 0.660. The summed E-state index contributed by atoms with van der Waals surface area (Å²) in [6.07, 6.45) is 0.154. The molecule has 1 saturated heterocycles. The number of aromatic hydroxyl groups is 2. The lowest BCUT2D eigenvalue weighted by Gasteiger charge is -1.96. The zero-order valence-corrected chi connectivity index (χ0v) is 9.28. The number of phenols is 2. The van der Waals surface area contributed by atoms with E-state index in [4.69, 9.17) is 9.84 Å². The van der Waals surface area contributed by atoms with Crippen LogP contribution in [0.1, 0.15) is 11.7 Å². The highest BCUT2D eigenvalue weighted by atomic mass is 16.6. The fourth-order valence-electron chi connectivity index (χ4n) is 1.42. The van der Waals surface area contributed by atoms with Gasteiger partial charge in [0.15, 0.2) is 0 Å². The van der Waals surface area contributed by atoms with E-state index in [0.29, 0.717) is 11.5 Å². The van der Waals surface area contributed by atoms with E-state index in [-0.39, 0.29) is 6.10 Å². The molecule has 0 aromatic heterocycles. The predicted octanol–water partition coefficient (Wildman–Crippen LogP) is 2.86. The molecule has 0 aliphatic carbocycles. The fraction of sp³-hybridized carbons (Fsp3) is 0.143. The van der Waals surface area contributed by atoms with Crippen LogP contribution in [-0.2, 0) is 4.74 Å². The van der Waals surface area contributed by atoms with Crippen LogP contribution < -0.4 is 0 Å². The van der Waals surface area contributed by atoms with Gasteiger partial charge in [0.25, 0.3) is 0 Å². The van der Waals surface area contributed by atoms with Crippen molar-refractivity contribution in [2.75, 3.05) is 6.61 Å². The van der Waals surface area contributed by atoms with Gasteiger partial charge in [0, 0.05) is 5.56 Å². The van der Waals surface area contributed by atoms with Crippen molar-refractivity contribution in [2.45, 2.75) is 6.10 Å². The number of phenolic OH excluding ortho intramolecular Hbond substituents is 2. The monoisotopic (exact) mass is 230 g/mol. The first-order valence-corrected chi connectivity index (χ1v) is 5.41. The average Bonchev–Trinajstić information content (AvgIpc) is 3.16. The molecule has 0 radical (unpaired) electrons. The second-order valence-corrected chi connectivity index (χ2v) is 3.72. The van der Waals surface area contributed by atoms with E-state index in [1.807, 2.05) is 18.2 Å². The lowest BCUT2D eigenvalue weighted by molar-refractivity contribution is 0.401. The smallest absolute Gasteiger partial charge is 0.121 e. The lowest BCUT2D eigenvalue weighted by atomic mass is 10.1. The Labute approximate surface area is 99.9 Å². The maximum atomic E-state index is 9.24. The number of rotatable bonds is 1. The zero-order valence-electron chi connectivity index (χ0n) is 9.28. The highest BCUT2D eigenvalue weighted by molar-refractivity contribution is 5.35. The predicted molar refractivity (Wildman–Crippen MR) is 64.9 cm³/mol. The molecule has 0 spiro atoms. The molecule has 1 aliphatic heterocycles. The van der Waals surface area contributed by atoms with Crippen LogP contribution >= 0.6 is 0 Å². The van der Waals surface area contributed by atoms with Gasteiger partial charge in [-0.1, -0.05) is 36.4 Å². The summed E-state index contributed by atoms with van der Waals surface area (Å²) in [7, 11) is 0. The van der Waals surface area contributed by atoms with Gasteiger partial charge in [-0.3, -0.25) is 0 Å². The molecule has 1 fully saturated rings. The van der Waals surface area contributed by atoms with E-state index < -0.39 is 0 Å². The summed E-state index contributed by atoms with van der Waals surface area (Å²) in [6.45, 7) is 0.748. The van der Waals surface area contributed by atoms with E-state index in [1.54, 1.807) is 36.4 Å². The molecule has 2 aromatic rings. The molecule has 0 bridgehead atoms. The summed E-state index contributed by atoms with van der Waals surface area (Å²) in [5.41, 5.74) is 0.905. The van der Waals surface area contributed by atoms with Crippen LogP contribution in [0.5, 0.6) is 11.5 Å². The fourth-order valence-corrected chi connectivity index (χ4v) is 1.42. The van der Waals surface area contributed by atoms with E-state index in [2.05, 4.69) is 0 Å². The number of hydrogen-bond donors (Lipinski definition) is 2. The van der Waals surface area contributed by atoms with Crippen LogP contribution in [0.3, 0.4) is 0 Å². The number of hydrogen-bond acceptors (Lipinski definition) is 3. The van der Waals surface area contributed by atoms with E-state index in [0.717, 1.165) is 12.2 Å². The molecule has 3 rings (SSSR count). The summed E-state index contributed by atoms with van der Waals surface area (Å²) in [5, 5.41) is 17.9. The molecule has 17 heavy (non-hydrogen) atoms. The highest BCUT2D eigenvalue weighted by Crippen LogP contribution is 2.34. The molecule has 1 atom stereocenters. The summed E-state index contributed by atoms with van der Waals surface area (Å²) >= 11 is 0. The third kappa shape index (κ3) is 3.50. The summed E-state index contributed by atoms with van der Waals surface area (Å²) in [4.78, 5) is 0. The standard InChI is InChI=1S/C8H8O2.C6H6O/c9-7-4-2-1-3-6(7)8-5-10-8;7-6-4-2-1-3-5-6/h1-4,8-9H,5H2;1-5,7H/t8-;/m1./s1. The Hall–Kier alpha value is -2.00. The molecule has 3 heteroatoms. The molecular weight excluding hydrogens is 216 g/mol. The minimum atomic E-state index is 0.154. The van der Waals surface area contributed by atoms with E-state index in [1.165, 1.54) is 0 Å². The summed E-state index contributed by atoms with van der Waals surface area (Å²) in [6, 6.07) is 16.0. The van der Waals surface area contributed by atoms with Crippen molar-refractivity contribution < 1.29 is 14.9 Å². The molecule has 3 nitrogen and oxygen atoms in total. The van der Waals surface area contributed by atoms with Crippen molar-refractivity contribution in [2.24, 2.45) is 0 Å². The van der Waals surface area contributed by atoms with Crippen molar-refractivity contribution in [1.29, 1.82) is 0 Å². The van der Waals surface area contributed by atoms with Gasteiger partial charge in [-0.15, -0.1) is 0 Å². The van der Waals surface area contributed by atoms with Gasteiger partial charge in [-0.05, 0) is 18.2 Å². The van der Waals surface area contributed by atoms with Crippen LogP contribution in [0, 0.1) is 0 Å². The minimum Gasteiger partial charge on any atom is -0.508 e. The number of ether oxygens (including phenoxy) is 1. The number of epoxide rings is 1. The second-order valence-electron chi connectivity index (χ2n) is 3.72. The second kappa shape index (κ2) is 5.37. The quantitative estimate of drug-likeness (QED) is 0.741. The molecule has 1 heterocycles. The van der Waals surface area contributed by atoms with Crippen molar-refractivity contribution >= 4 is 0 Å². The average molecular weight is 230 g/mol. The molecular formula is C14H14O3. The summed E-state index contributed by atoms with van der Waals surface area (Å²) < 4.78 is 5.02. The first-order valence-electron chi connectivity index (χ1n) is 5.41. The molecule has 0 saturated carbocycles. The van der Waals surface area contributed by atoms with Gasteiger partial charge in [0.1, 0.15) is 17.6 Å². The Kier molecular flexibility index (Phi) is 3.62. The van der Waals surface area contributed by atoms with Crippen LogP contribution in [0.4, 0.5) is 0 Å². The largest absolute Gasteiger partial charge is 0.508 e. The van der Waals surface area contributed by atoms with Gasteiger partial charge in [0.05, 0.1) is 6.61 Å².